The molecule has 226 valence electrons. The topological polar surface area (TPSA) is 124 Å². The number of nitrogens with one attached hydrogen (secondary N) is 1. The SMILES string of the molecule is CC1CC2(NCCS2)C2(O)OC3CC4(C=O)C(CCC5C4CCC4(C)C(C6=CC(=O)OC6)CCC54O)CC3OC2O1. The van der Waals surface area contributed by atoms with E-state index < -0.39 is 34.1 Å². The third-order valence-corrected chi connectivity index (χ3v) is 14.6. The number of hydrogen-bond acceptors (Lipinski definition) is 10. The first-order valence-corrected chi connectivity index (χ1v) is 16.7. The zero-order valence-corrected chi connectivity index (χ0v) is 24.8. The van der Waals surface area contributed by atoms with E-state index >= 15 is 0 Å². The predicted octanol–water partition coefficient (Wildman–Crippen LogP) is 2.67. The lowest BCUT2D eigenvalue weighted by molar-refractivity contribution is -0.448. The van der Waals surface area contributed by atoms with E-state index in [0.29, 0.717) is 32.3 Å². The molecule has 3 saturated heterocycles. The van der Waals surface area contributed by atoms with Crippen molar-refractivity contribution in [2.75, 3.05) is 18.9 Å². The van der Waals surface area contributed by atoms with Crippen LogP contribution in [-0.4, -0.2) is 82.2 Å². The van der Waals surface area contributed by atoms with Crippen LogP contribution in [0.15, 0.2) is 11.6 Å². The van der Waals surface area contributed by atoms with E-state index in [0.717, 1.165) is 50.0 Å². The molecule has 0 aromatic rings. The molecule has 0 aromatic carbocycles. The number of hydrogen-bond donors (Lipinski definition) is 3. The summed E-state index contributed by atoms with van der Waals surface area (Å²) in [5.74, 6) is -0.765. The number of fused-ring (bicyclic) bond motifs is 8. The number of thioether (sulfide) groups is 1. The highest BCUT2D eigenvalue weighted by Crippen LogP contribution is 2.70. The van der Waals surface area contributed by atoms with Gasteiger partial charge in [0, 0.05) is 35.6 Å². The molecule has 0 aromatic heterocycles. The Hall–Kier alpha value is -1.01. The Morgan fingerprint density at radius 3 is 2.66 bits per heavy atom. The van der Waals surface area contributed by atoms with Crippen LogP contribution in [0.2, 0.25) is 0 Å². The van der Waals surface area contributed by atoms with Gasteiger partial charge in [-0.15, -0.1) is 11.8 Å². The fourth-order valence-corrected chi connectivity index (χ4v) is 12.6. The van der Waals surface area contributed by atoms with Crippen molar-refractivity contribution in [1.29, 1.82) is 0 Å². The molecule has 7 fully saturated rings. The molecular formula is C31H43NO8S. The van der Waals surface area contributed by atoms with Gasteiger partial charge in [0.15, 0.2) is 0 Å². The smallest absolute Gasteiger partial charge is 0.331 e. The molecule has 10 heteroatoms. The summed E-state index contributed by atoms with van der Waals surface area (Å²) in [6.07, 6.45) is 7.86. The van der Waals surface area contributed by atoms with Gasteiger partial charge >= 0.3 is 5.97 Å². The van der Waals surface area contributed by atoms with Gasteiger partial charge in [-0.25, -0.2) is 4.79 Å². The van der Waals surface area contributed by atoms with Crippen molar-refractivity contribution in [2.24, 2.45) is 34.5 Å². The van der Waals surface area contributed by atoms with E-state index in [4.69, 9.17) is 18.9 Å². The number of esters is 1. The van der Waals surface area contributed by atoms with Gasteiger partial charge in [-0.2, -0.15) is 0 Å². The maximum Gasteiger partial charge on any atom is 0.331 e. The lowest BCUT2D eigenvalue weighted by Crippen LogP contribution is -2.76. The van der Waals surface area contributed by atoms with Crippen molar-refractivity contribution < 1.29 is 38.7 Å². The Bertz CT molecular complexity index is 1170. The first-order valence-electron chi connectivity index (χ1n) is 15.7. The van der Waals surface area contributed by atoms with Gasteiger partial charge in [0.05, 0.1) is 23.9 Å². The van der Waals surface area contributed by atoms with Crippen LogP contribution >= 0.6 is 11.8 Å². The van der Waals surface area contributed by atoms with E-state index in [1.165, 1.54) is 6.29 Å². The number of ether oxygens (including phenoxy) is 4. The van der Waals surface area contributed by atoms with E-state index in [1.807, 2.05) is 6.92 Å². The Balaban J connectivity index is 1.10. The summed E-state index contributed by atoms with van der Waals surface area (Å²) in [6.45, 7) is 5.32. The van der Waals surface area contributed by atoms with Crippen molar-refractivity contribution in [1.82, 2.24) is 5.32 Å². The van der Waals surface area contributed by atoms with Crippen LogP contribution in [0.1, 0.15) is 71.6 Å². The summed E-state index contributed by atoms with van der Waals surface area (Å²) in [6, 6.07) is 0. The Morgan fingerprint density at radius 2 is 1.93 bits per heavy atom. The number of carbonyl (C=O) groups excluding carboxylic acids is 2. The van der Waals surface area contributed by atoms with Crippen molar-refractivity contribution in [3.8, 4) is 0 Å². The molecule has 4 saturated carbocycles. The van der Waals surface area contributed by atoms with E-state index in [-0.39, 0.29) is 47.3 Å². The number of aliphatic hydroxyl groups is 2. The molecular weight excluding hydrogens is 546 g/mol. The maximum absolute atomic E-state index is 13.3. The van der Waals surface area contributed by atoms with Crippen molar-refractivity contribution in [3.63, 3.8) is 0 Å². The molecule has 3 N–H and O–H groups in total. The van der Waals surface area contributed by atoms with Gasteiger partial charge in [0.25, 0.3) is 0 Å². The van der Waals surface area contributed by atoms with Crippen molar-refractivity contribution in [2.45, 2.75) is 112 Å². The summed E-state index contributed by atoms with van der Waals surface area (Å²) in [5.41, 5.74) is -0.884. The third kappa shape index (κ3) is 3.47. The van der Waals surface area contributed by atoms with Gasteiger partial charge in [-0.3, -0.25) is 5.32 Å². The molecule has 41 heavy (non-hydrogen) atoms. The average molecular weight is 590 g/mol. The second-order valence-electron chi connectivity index (χ2n) is 14.6. The summed E-state index contributed by atoms with van der Waals surface area (Å²) in [4.78, 5) is 24.5. The van der Waals surface area contributed by atoms with Gasteiger partial charge in [0.1, 0.15) is 17.8 Å². The van der Waals surface area contributed by atoms with Crippen LogP contribution in [0.5, 0.6) is 0 Å². The van der Waals surface area contributed by atoms with Gasteiger partial charge in [-0.1, -0.05) is 6.92 Å². The monoisotopic (exact) mass is 589 g/mol. The van der Waals surface area contributed by atoms with Crippen LogP contribution in [0.3, 0.4) is 0 Å². The Labute approximate surface area is 245 Å². The fraction of sp³-hybridized carbons (Fsp3) is 0.871. The highest BCUT2D eigenvalue weighted by Gasteiger charge is 2.72. The number of aldehydes is 1. The first-order chi connectivity index (χ1) is 19.6. The molecule has 8 rings (SSSR count). The standard InChI is InChI=1S/C31H43NO8S/c1-17-13-30(32-9-10-41-30)31(36)26(38-17)39-23-12-19-3-4-22-21(28(19,16-33)14-24(23)40-31)5-7-27(2)20(6-8-29(22,27)35)18-11-25(34)37-15-18/h11,16-17,19-24,26,32,35-36H,3-10,12-15H2,1-2H3. The minimum absolute atomic E-state index is 0.000442. The highest BCUT2D eigenvalue weighted by molar-refractivity contribution is 8.01. The summed E-state index contributed by atoms with van der Waals surface area (Å²) in [5, 5.41) is 28.2. The third-order valence-electron chi connectivity index (χ3n) is 13.1. The molecule has 13 unspecified atom stereocenters. The van der Waals surface area contributed by atoms with Crippen LogP contribution < -0.4 is 5.32 Å². The predicted molar refractivity (Wildman–Crippen MR) is 148 cm³/mol. The molecule has 4 aliphatic carbocycles. The fourth-order valence-electron chi connectivity index (χ4n) is 11.2. The molecule has 1 spiro atoms. The van der Waals surface area contributed by atoms with E-state index in [2.05, 4.69) is 12.2 Å². The second-order valence-corrected chi connectivity index (χ2v) is 16.0. The summed E-state index contributed by atoms with van der Waals surface area (Å²) >= 11 is 1.68. The van der Waals surface area contributed by atoms with E-state index in [1.54, 1.807) is 17.8 Å². The number of rotatable bonds is 2. The zero-order valence-electron chi connectivity index (χ0n) is 24.0. The van der Waals surface area contributed by atoms with Gasteiger partial charge in [-0.05, 0) is 87.5 Å². The Kier molecular flexibility index (Phi) is 6.06. The molecule has 13 atom stereocenters. The molecule has 0 bridgehead atoms. The molecule has 0 radical (unpaired) electrons. The maximum atomic E-state index is 13.3. The van der Waals surface area contributed by atoms with Crippen LogP contribution in [0, 0.1) is 34.5 Å². The molecule has 0 amide bonds. The van der Waals surface area contributed by atoms with Gasteiger partial charge < -0.3 is 34.0 Å². The number of carbonyl (C=O) groups is 2. The summed E-state index contributed by atoms with van der Waals surface area (Å²) in [7, 11) is 0. The first kappa shape index (κ1) is 27.5. The molecule has 8 aliphatic rings. The normalized spacial score (nSPS) is 57.6. The number of cyclic esters (lactones) is 1. The van der Waals surface area contributed by atoms with Crippen LogP contribution in [0.4, 0.5) is 0 Å². The average Bonchev–Trinajstić information content (AvgIpc) is 3.65. The molecule has 9 nitrogen and oxygen atoms in total. The van der Waals surface area contributed by atoms with Crippen LogP contribution in [-0.2, 0) is 28.5 Å². The quantitative estimate of drug-likeness (QED) is 0.252. The molecule has 4 aliphatic heterocycles. The minimum Gasteiger partial charge on any atom is -0.458 e. The van der Waals surface area contributed by atoms with Crippen molar-refractivity contribution >= 4 is 24.0 Å². The lowest BCUT2D eigenvalue weighted by Gasteiger charge is -2.65. The highest BCUT2D eigenvalue weighted by atomic mass is 32.2. The van der Waals surface area contributed by atoms with Crippen molar-refractivity contribution in [3.05, 3.63) is 11.6 Å². The van der Waals surface area contributed by atoms with Crippen LogP contribution in [0.25, 0.3) is 0 Å². The lowest BCUT2D eigenvalue weighted by atomic mass is 9.42. The Morgan fingerprint density at radius 1 is 1.07 bits per heavy atom. The molecule has 4 heterocycles. The van der Waals surface area contributed by atoms with E-state index in [9.17, 15) is 19.8 Å². The second kappa shape index (κ2) is 9.02. The minimum atomic E-state index is -1.65. The summed E-state index contributed by atoms with van der Waals surface area (Å²) < 4.78 is 24.7. The largest absolute Gasteiger partial charge is 0.458 e. The van der Waals surface area contributed by atoms with Gasteiger partial charge in [0.2, 0.25) is 12.1 Å². The zero-order chi connectivity index (χ0) is 28.4.